The van der Waals surface area contributed by atoms with Crippen molar-refractivity contribution in [3.8, 4) is 0 Å². The molecular weight excluding hydrogens is 190 g/mol. The fraction of sp³-hybridized carbons (Fsp3) is 0.750. The summed E-state index contributed by atoms with van der Waals surface area (Å²) in [7, 11) is -4.15. The standard InChI is InChI=1S/C4H9NO4S2/c1-10-2-4(5-3-6)11(7,8)9/h3-4H,2H2,1H3,(H,5,6)(H,7,8,9). The predicted octanol–water partition coefficient (Wildman–Crippen LogP) is -0.691. The predicted molar refractivity (Wildman–Crippen MR) is 42.9 cm³/mol. The largest absolute Gasteiger partial charge is 0.340 e. The summed E-state index contributed by atoms with van der Waals surface area (Å²) in [5.74, 6) is 0.136. The van der Waals surface area contributed by atoms with Gasteiger partial charge in [0.2, 0.25) is 6.41 Å². The third kappa shape index (κ3) is 4.23. The molecule has 11 heavy (non-hydrogen) atoms. The lowest BCUT2D eigenvalue weighted by molar-refractivity contribution is -0.109. The fourth-order valence-corrected chi connectivity index (χ4v) is 2.17. The smallest absolute Gasteiger partial charge is 0.287 e. The lowest BCUT2D eigenvalue weighted by atomic mass is 10.7. The van der Waals surface area contributed by atoms with E-state index in [2.05, 4.69) is 0 Å². The number of hydrogen-bond acceptors (Lipinski definition) is 4. The Labute approximate surface area is 69.3 Å². The van der Waals surface area contributed by atoms with Gasteiger partial charge >= 0.3 is 0 Å². The Morgan fingerprint density at radius 1 is 1.73 bits per heavy atom. The topological polar surface area (TPSA) is 83.5 Å². The van der Waals surface area contributed by atoms with Crippen LogP contribution in [0, 0.1) is 0 Å². The molecule has 0 saturated heterocycles. The molecule has 0 fully saturated rings. The molecule has 0 heterocycles. The minimum absolute atomic E-state index is 0.136. The van der Waals surface area contributed by atoms with Gasteiger partial charge in [-0.05, 0) is 6.26 Å². The van der Waals surface area contributed by atoms with Gasteiger partial charge in [-0.25, -0.2) is 0 Å². The first kappa shape index (κ1) is 10.7. The van der Waals surface area contributed by atoms with Crippen molar-refractivity contribution in [3.05, 3.63) is 0 Å². The minimum Gasteiger partial charge on any atom is -0.340 e. The molecule has 66 valence electrons. The van der Waals surface area contributed by atoms with Gasteiger partial charge < -0.3 is 5.32 Å². The normalized spacial score (nSPS) is 14.0. The molecule has 0 spiro atoms. The zero-order valence-electron chi connectivity index (χ0n) is 5.85. The second-order valence-electron chi connectivity index (χ2n) is 1.74. The molecule has 0 aromatic rings. The average molecular weight is 199 g/mol. The SMILES string of the molecule is CSCC(NC=O)S(=O)(=O)O. The fourth-order valence-electron chi connectivity index (χ4n) is 0.447. The van der Waals surface area contributed by atoms with Gasteiger partial charge in [0.1, 0.15) is 0 Å². The highest BCUT2D eigenvalue weighted by molar-refractivity contribution is 7.99. The zero-order valence-corrected chi connectivity index (χ0v) is 7.48. The van der Waals surface area contributed by atoms with E-state index < -0.39 is 15.5 Å². The molecule has 1 amide bonds. The first-order chi connectivity index (χ1) is 5.02. The molecule has 5 nitrogen and oxygen atoms in total. The number of rotatable bonds is 5. The van der Waals surface area contributed by atoms with Gasteiger partial charge in [-0.2, -0.15) is 20.2 Å². The number of carbonyl (C=O) groups is 1. The summed E-state index contributed by atoms with van der Waals surface area (Å²) in [5.41, 5.74) is 0. The van der Waals surface area contributed by atoms with Crippen LogP contribution in [-0.2, 0) is 14.9 Å². The summed E-state index contributed by atoms with van der Waals surface area (Å²) < 4.78 is 29.3. The van der Waals surface area contributed by atoms with Gasteiger partial charge in [-0.1, -0.05) is 0 Å². The first-order valence-electron chi connectivity index (χ1n) is 2.67. The highest BCUT2D eigenvalue weighted by atomic mass is 32.2. The van der Waals surface area contributed by atoms with Crippen LogP contribution in [0.2, 0.25) is 0 Å². The second-order valence-corrected chi connectivity index (χ2v) is 4.25. The van der Waals surface area contributed by atoms with Crippen molar-refractivity contribution in [1.82, 2.24) is 5.32 Å². The summed E-state index contributed by atoms with van der Waals surface area (Å²) >= 11 is 1.22. The molecule has 0 radical (unpaired) electrons. The van der Waals surface area contributed by atoms with Crippen LogP contribution in [0.25, 0.3) is 0 Å². The quantitative estimate of drug-likeness (QED) is 0.452. The van der Waals surface area contributed by atoms with Crippen molar-refractivity contribution in [2.45, 2.75) is 5.37 Å². The zero-order chi connectivity index (χ0) is 8.91. The summed E-state index contributed by atoms with van der Waals surface area (Å²) in [5, 5.41) is 0.785. The van der Waals surface area contributed by atoms with E-state index in [1.54, 1.807) is 6.26 Å². The lowest BCUT2D eigenvalue weighted by Gasteiger charge is -2.09. The molecule has 0 aliphatic rings. The van der Waals surface area contributed by atoms with E-state index in [-0.39, 0.29) is 12.2 Å². The van der Waals surface area contributed by atoms with Crippen molar-refractivity contribution in [1.29, 1.82) is 0 Å². The van der Waals surface area contributed by atoms with Crippen LogP contribution in [0.4, 0.5) is 0 Å². The van der Waals surface area contributed by atoms with E-state index in [0.29, 0.717) is 0 Å². The van der Waals surface area contributed by atoms with E-state index in [4.69, 9.17) is 4.55 Å². The maximum absolute atomic E-state index is 10.4. The summed E-state index contributed by atoms with van der Waals surface area (Å²) in [6.07, 6.45) is 1.92. The molecule has 0 aliphatic carbocycles. The highest BCUT2D eigenvalue weighted by Crippen LogP contribution is 2.01. The van der Waals surface area contributed by atoms with Crippen molar-refractivity contribution < 1.29 is 17.8 Å². The van der Waals surface area contributed by atoms with Crippen LogP contribution >= 0.6 is 11.8 Å². The third-order valence-corrected chi connectivity index (χ3v) is 2.83. The van der Waals surface area contributed by atoms with E-state index in [0.717, 1.165) is 0 Å². The van der Waals surface area contributed by atoms with Crippen LogP contribution < -0.4 is 5.32 Å². The van der Waals surface area contributed by atoms with E-state index in [1.165, 1.54) is 11.8 Å². The van der Waals surface area contributed by atoms with Gasteiger partial charge in [-0.3, -0.25) is 9.35 Å². The number of carbonyl (C=O) groups excluding carboxylic acids is 1. The molecule has 0 bridgehead atoms. The highest BCUT2D eigenvalue weighted by Gasteiger charge is 2.20. The second kappa shape index (κ2) is 4.58. The van der Waals surface area contributed by atoms with Crippen LogP contribution in [0.15, 0.2) is 0 Å². The Morgan fingerprint density at radius 2 is 2.27 bits per heavy atom. The molecule has 0 aliphatic heterocycles. The third-order valence-electron chi connectivity index (χ3n) is 0.932. The molecule has 0 aromatic carbocycles. The van der Waals surface area contributed by atoms with Crippen LogP contribution in [0.3, 0.4) is 0 Å². The first-order valence-corrected chi connectivity index (χ1v) is 5.57. The molecular formula is C4H9NO4S2. The lowest BCUT2D eigenvalue weighted by Crippen LogP contribution is -2.37. The molecule has 7 heteroatoms. The molecule has 0 rings (SSSR count). The Kier molecular flexibility index (Phi) is 4.46. The van der Waals surface area contributed by atoms with Crippen LogP contribution in [0.1, 0.15) is 0 Å². The number of amides is 1. The van der Waals surface area contributed by atoms with Crippen LogP contribution in [-0.4, -0.2) is 36.8 Å². The molecule has 0 aromatic heterocycles. The van der Waals surface area contributed by atoms with Crippen molar-refractivity contribution in [2.75, 3.05) is 12.0 Å². The molecule has 0 saturated carbocycles. The Morgan fingerprint density at radius 3 is 2.55 bits per heavy atom. The Hall–Kier alpha value is -0.270. The maximum Gasteiger partial charge on any atom is 0.287 e. The maximum atomic E-state index is 10.4. The Balaban J connectivity index is 4.21. The summed E-state index contributed by atoms with van der Waals surface area (Å²) in [6, 6.07) is 0. The van der Waals surface area contributed by atoms with Crippen LogP contribution in [0.5, 0.6) is 0 Å². The van der Waals surface area contributed by atoms with Gasteiger partial charge in [0, 0.05) is 5.75 Å². The molecule has 1 atom stereocenters. The van der Waals surface area contributed by atoms with Gasteiger partial charge in [0.25, 0.3) is 10.1 Å². The average Bonchev–Trinajstić information content (AvgIpc) is 1.85. The number of nitrogens with one attached hydrogen (secondary N) is 1. The van der Waals surface area contributed by atoms with Crippen molar-refractivity contribution in [2.24, 2.45) is 0 Å². The minimum atomic E-state index is -4.15. The van der Waals surface area contributed by atoms with Gasteiger partial charge in [0.05, 0.1) is 0 Å². The number of hydrogen-bond donors (Lipinski definition) is 2. The molecule has 2 N–H and O–H groups in total. The monoisotopic (exact) mass is 199 g/mol. The Bertz CT molecular complexity index is 212. The van der Waals surface area contributed by atoms with E-state index in [9.17, 15) is 13.2 Å². The molecule has 1 unspecified atom stereocenters. The number of thioether (sulfide) groups is 1. The summed E-state index contributed by atoms with van der Waals surface area (Å²) in [6.45, 7) is 0. The van der Waals surface area contributed by atoms with E-state index >= 15 is 0 Å². The van der Waals surface area contributed by atoms with E-state index in [1.807, 2.05) is 5.32 Å². The van der Waals surface area contributed by atoms with Gasteiger partial charge in [0.15, 0.2) is 5.37 Å². The van der Waals surface area contributed by atoms with Gasteiger partial charge in [-0.15, -0.1) is 0 Å². The van der Waals surface area contributed by atoms with Crippen molar-refractivity contribution in [3.63, 3.8) is 0 Å². The van der Waals surface area contributed by atoms with Crippen molar-refractivity contribution >= 4 is 28.3 Å². The summed E-state index contributed by atoms with van der Waals surface area (Å²) in [4.78, 5) is 9.84.